The molecule has 2 nitrogen and oxygen atoms in total. The predicted molar refractivity (Wildman–Crippen MR) is 92.0 cm³/mol. The predicted octanol–water partition coefficient (Wildman–Crippen LogP) is 4.09. The third-order valence-corrected chi connectivity index (χ3v) is 3.95. The fourth-order valence-electron chi connectivity index (χ4n) is 2.68. The van der Waals surface area contributed by atoms with Gasteiger partial charge in [-0.25, -0.2) is 0 Å². The SMILES string of the molecule is CCNC(CN(C)c1ccc(C)cc1)c1ccccc1C. The second kappa shape index (κ2) is 7.28. The van der Waals surface area contributed by atoms with Crippen molar-refractivity contribution in [3.05, 3.63) is 65.2 Å². The molecule has 1 atom stereocenters. The Morgan fingerprint density at radius 2 is 1.67 bits per heavy atom. The highest BCUT2D eigenvalue weighted by molar-refractivity contribution is 5.47. The Bertz CT molecular complexity index is 560. The second-order valence-electron chi connectivity index (χ2n) is 5.68. The number of rotatable bonds is 6. The van der Waals surface area contributed by atoms with Crippen LogP contribution in [-0.4, -0.2) is 20.1 Å². The lowest BCUT2D eigenvalue weighted by atomic mass is 10.0. The Labute approximate surface area is 128 Å². The minimum atomic E-state index is 0.350. The minimum Gasteiger partial charge on any atom is -0.373 e. The third kappa shape index (κ3) is 4.08. The van der Waals surface area contributed by atoms with Crippen LogP contribution in [0.4, 0.5) is 5.69 Å². The van der Waals surface area contributed by atoms with Gasteiger partial charge in [-0.1, -0.05) is 48.9 Å². The number of nitrogens with one attached hydrogen (secondary N) is 1. The fraction of sp³-hybridized carbons (Fsp3) is 0.368. The molecule has 0 aliphatic heterocycles. The number of benzene rings is 2. The van der Waals surface area contributed by atoms with Gasteiger partial charge < -0.3 is 10.2 Å². The first-order valence-corrected chi connectivity index (χ1v) is 7.68. The number of hydrogen-bond acceptors (Lipinski definition) is 2. The summed E-state index contributed by atoms with van der Waals surface area (Å²) in [4.78, 5) is 2.32. The van der Waals surface area contributed by atoms with Gasteiger partial charge in [0.25, 0.3) is 0 Å². The van der Waals surface area contributed by atoms with Crippen molar-refractivity contribution in [2.24, 2.45) is 0 Å². The molecule has 0 amide bonds. The van der Waals surface area contributed by atoms with Crippen molar-refractivity contribution in [1.29, 1.82) is 0 Å². The lowest BCUT2D eigenvalue weighted by Crippen LogP contribution is -2.33. The Morgan fingerprint density at radius 1 is 1.00 bits per heavy atom. The number of hydrogen-bond donors (Lipinski definition) is 1. The normalized spacial score (nSPS) is 12.2. The number of aryl methyl sites for hydroxylation is 2. The van der Waals surface area contributed by atoms with Gasteiger partial charge in [0.15, 0.2) is 0 Å². The maximum Gasteiger partial charge on any atom is 0.0500 e. The summed E-state index contributed by atoms with van der Waals surface area (Å²) in [6.07, 6.45) is 0. The lowest BCUT2D eigenvalue weighted by Gasteiger charge is -2.28. The lowest BCUT2D eigenvalue weighted by molar-refractivity contribution is 0.548. The molecule has 0 heterocycles. The number of likely N-dealkylation sites (N-methyl/N-ethyl adjacent to an activating group) is 2. The van der Waals surface area contributed by atoms with E-state index < -0.39 is 0 Å². The molecular formula is C19H26N2. The van der Waals surface area contributed by atoms with E-state index in [4.69, 9.17) is 0 Å². The van der Waals surface area contributed by atoms with E-state index in [1.165, 1.54) is 22.4 Å². The Balaban J connectivity index is 2.16. The molecular weight excluding hydrogens is 256 g/mol. The van der Waals surface area contributed by atoms with Gasteiger partial charge >= 0.3 is 0 Å². The molecule has 0 saturated heterocycles. The van der Waals surface area contributed by atoms with E-state index >= 15 is 0 Å². The summed E-state index contributed by atoms with van der Waals surface area (Å²) >= 11 is 0. The second-order valence-corrected chi connectivity index (χ2v) is 5.68. The Hall–Kier alpha value is -1.80. The van der Waals surface area contributed by atoms with Gasteiger partial charge in [0.05, 0.1) is 6.04 Å². The molecule has 0 aromatic heterocycles. The quantitative estimate of drug-likeness (QED) is 0.858. The smallest absolute Gasteiger partial charge is 0.0500 e. The average molecular weight is 282 g/mol. The monoisotopic (exact) mass is 282 g/mol. The fourth-order valence-corrected chi connectivity index (χ4v) is 2.68. The zero-order valence-electron chi connectivity index (χ0n) is 13.6. The van der Waals surface area contributed by atoms with Crippen LogP contribution in [0.1, 0.15) is 29.7 Å². The molecule has 1 unspecified atom stereocenters. The van der Waals surface area contributed by atoms with E-state index in [0.717, 1.165) is 13.1 Å². The van der Waals surface area contributed by atoms with Crippen molar-refractivity contribution in [2.45, 2.75) is 26.8 Å². The first-order chi connectivity index (χ1) is 10.1. The molecule has 0 spiro atoms. The van der Waals surface area contributed by atoms with E-state index in [2.05, 4.69) is 86.6 Å². The van der Waals surface area contributed by atoms with Crippen LogP contribution in [0.5, 0.6) is 0 Å². The van der Waals surface area contributed by atoms with Crippen molar-refractivity contribution in [1.82, 2.24) is 5.32 Å². The topological polar surface area (TPSA) is 15.3 Å². The van der Waals surface area contributed by atoms with E-state index in [9.17, 15) is 0 Å². The summed E-state index contributed by atoms with van der Waals surface area (Å²) in [5.41, 5.74) is 5.30. The molecule has 0 aliphatic carbocycles. The maximum absolute atomic E-state index is 3.61. The molecule has 0 bridgehead atoms. The summed E-state index contributed by atoms with van der Waals surface area (Å²) < 4.78 is 0. The van der Waals surface area contributed by atoms with Crippen LogP contribution in [0.2, 0.25) is 0 Å². The molecule has 2 rings (SSSR count). The maximum atomic E-state index is 3.61. The van der Waals surface area contributed by atoms with Gasteiger partial charge in [0.2, 0.25) is 0 Å². The highest BCUT2D eigenvalue weighted by atomic mass is 15.1. The summed E-state index contributed by atoms with van der Waals surface area (Å²) in [6, 6.07) is 17.7. The number of anilines is 1. The molecule has 0 aliphatic rings. The molecule has 0 radical (unpaired) electrons. The van der Waals surface area contributed by atoms with Crippen LogP contribution < -0.4 is 10.2 Å². The molecule has 2 heteroatoms. The van der Waals surface area contributed by atoms with E-state index in [1.807, 2.05) is 0 Å². The van der Waals surface area contributed by atoms with Crippen LogP contribution >= 0.6 is 0 Å². The molecule has 2 aromatic rings. The Morgan fingerprint density at radius 3 is 2.29 bits per heavy atom. The third-order valence-electron chi connectivity index (χ3n) is 3.95. The number of nitrogens with zero attached hydrogens (tertiary/aromatic N) is 1. The van der Waals surface area contributed by atoms with Gasteiger partial charge in [-0.2, -0.15) is 0 Å². The highest BCUT2D eigenvalue weighted by Crippen LogP contribution is 2.21. The zero-order chi connectivity index (χ0) is 15.2. The molecule has 1 N–H and O–H groups in total. The summed E-state index contributed by atoms with van der Waals surface area (Å²) in [5, 5.41) is 3.61. The summed E-state index contributed by atoms with van der Waals surface area (Å²) in [5.74, 6) is 0. The van der Waals surface area contributed by atoms with E-state index in [-0.39, 0.29) is 0 Å². The van der Waals surface area contributed by atoms with Crippen LogP contribution in [0.3, 0.4) is 0 Å². The first-order valence-electron chi connectivity index (χ1n) is 7.68. The zero-order valence-corrected chi connectivity index (χ0v) is 13.6. The van der Waals surface area contributed by atoms with Crippen molar-refractivity contribution in [2.75, 3.05) is 25.0 Å². The van der Waals surface area contributed by atoms with Crippen LogP contribution in [0, 0.1) is 13.8 Å². The van der Waals surface area contributed by atoms with Crippen molar-refractivity contribution < 1.29 is 0 Å². The van der Waals surface area contributed by atoms with Crippen molar-refractivity contribution in [3.63, 3.8) is 0 Å². The molecule has 0 saturated carbocycles. The van der Waals surface area contributed by atoms with Gasteiger partial charge in [0, 0.05) is 19.3 Å². The van der Waals surface area contributed by atoms with E-state index in [0.29, 0.717) is 6.04 Å². The molecule has 21 heavy (non-hydrogen) atoms. The van der Waals surface area contributed by atoms with Crippen molar-refractivity contribution >= 4 is 5.69 Å². The Kier molecular flexibility index (Phi) is 5.40. The first kappa shape index (κ1) is 15.6. The highest BCUT2D eigenvalue weighted by Gasteiger charge is 2.15. The molecule has 2 aromatic carbocycles. The standard InChI is InChI=1S/C19H26N2/c1-5-20-19(18-9-7-6-8-16(18)3)14-21(4)17-12-10-15(2)11-13-17/h6-13,19-20H,5,14H2,1-4H3. The van der Waals surface area contributed by atoms with Gasteiger partial charge in [-0.3, -0.25) is 0 Å². The van der Waals surface area contributed by atoms with Gasteiger partial charge in [-0.05, 0) is 43.7 Å². The van der Waals surface area contributed by atoms with Crippen LogP contribution in [0.25, 0.3) is 0 Å². The van der Waals surface area contributed by atoms with Crippen LogP contribution in [0.15, 0.2) is 48.5 Å². The summed E-state index contributed by atoms with van der Waals surface area (Å²) in [7, 11) is 2.16. The van der Waals surface area contributed by atoms with Crippen LogP contribution in [-0.2, 0) is 0 Å². The molecule has 0 fully saturated rings. The minimum absolute atomic E-state index is 0.350. The average Bonchev–Trinajstić information content (AvgIpc) is 2.48. The largest absolute Gasteiger partial charge is 0.373 e. The van der Waals surface area contributed by atoms with Gasteiger partial charge in [-0.15, -0.1) is 0 Å². The van der Waals surface area contributed by atoms with Crippen molar-refractivity contribution in [3.8, 4) is 0 Å². The van der Waals surface area contributed by atoms with E-state index in [1.54, 1.807) is 0 Å². The summed E-state index contributed by atoms with van der Waals surface area (Å²) in [6.45, 7) is 8.41. The van der Waals surface area contributed by atoms with Gasteiger partial charge in [0.1, 0.15) is 0 Å². The molecule has 112 valence electrons.